The van der Waals surface area contributed by atoms with Gasteiger partial charge in [-0.05, 0) is 25.7 Å². The van der Waals surface area contributed by atoms with E-state index in [1.165, 1.54) is 18.5 Å². The molecule has 1 atom stereocenters. The zero-order chi connectivity index (χ0) is 14.9. The molecular weight excluding hydrogens is 278 g/mol. The van der Waals surface area contributed by atoms with Crippen molar-refractivity contribution in [1.82, 2.24) is 19.7 Å². The van der Waals surface area contributed by atoms with Crippen LogP contribution in [-0.2, 0) is 19.4 Å². The highest BCUT2D eigenvalue weighted by Crippen LogP contribution is 2.25. The van der Waals surface area contributed by atoms with Crippen molar-refractivity contribution < 1.29 is 4.42 Å². The molecule has 4 rings (SSSR count). The molecule has 0 amide bonds. The van der Waals surface area contributed by atoms with E-state index in [9.17, 15) is 0 Å². The lowest BCUT2D eigenvalue weighted by Crippen LogP contribution is -2.21. The Labute approximate surface area is 129 Å². The molecule has 0 spiro atoms. The smallest absolute Gasteiger partial charge is 0.208 e. The summed E-state index contributed by atoms with van der Waals surface area (Å²) in [5.41, 5.74) is 1.79. The van der Waals surface area contributed by atoms with E-state index in [0.29, 0.717) is 11.6 Å². The molecule has 2 aromatic rings. The second kappa shape index (κ2) is 5.58. The molecule has 1 fully saturated rings. The van der Waals surface area contributed by atoms with Crippen molar-refractivity contribution in [2.24, 2.45) is 0 Å². The number of likely N-dealkylation sites (tertiary alicyclic amines) is 1. The number of hydrogen-bond donors (Lipinski definition) is 0. The molecular formula is C16H19N5O. The molecule has 6 heteroatoms. The second-order valence-electron chi connectivity index (χ2n) is 6.18. The van der Waals surface area contributed by atoms with Gasteiger partial charge in [0, 0.05) is 25.7 Å². The van der Waals surface area contributed by atoms with Gasteiger partial charge in [0.1, 0.15) is 11.8 Å². The minimum Gasteiger partial charge on any atom is -0.444 e. The van der Waals surface area contributed by atoms with Crippen molar-refractivity contribution in [2.75, 3.05) is 13.1 Å². The summed E-state index contributed by atoms with van der Waals surface area (Å²) in [4.78, 5) is 7.01. The Hall–Kier alpha value is -2.13. The van der Waals surface area contributed by atoms with Crippen LogP contribution in [0, 0.1) is 11.3 Å². The molecule has 114 valence electrons. The molecule has 2 aromatic heterocycles. The number of aryl methyl sites for hydroxylation is 2. The van der Waals surface area contributed by atoms with Gasteiger partial charge in [-0.3, -0.25) is 9.58 Å². The first-order valence-corrected chi connectivity index (χ1v) is 7.96. The number of oxazole rings is 1. The predicted octanol–water partition coefficient (Wildman–Crippen LogP) is 2.07. The summed E-state index contributed by atoms with van der Waals surface area (Å²) >= 11 is 0. The number of nitrogens with zero attached hydrogens (tertiary/aromatic N) is 5. The molecule has 1 unspecified atom stereocenters. The standard InChI is InChI=1S/C16H19N5O/c17-7-12-8-18-21(9-12)13-5-6-20(10-13)11-16-19-14-3-1-2-4-15(14)22-16/h8-9,13H,1-6,10-11H2. The number of aromatic nitrogens is 3. The minimum absolute atomic E-state index is 0.340. The molecule has 1 saturated heterocycles. The normalized spacial score (nSPS) is 21.7. The van der Waals surface area contributed by atoms with Crippen LogP contribution in [0.4, 0.5) is 0 Å². The maximum absolute atomic E-state index is 8.89. The van der Waals surface area contributed by atoms with Crippen LogP contribution in [0.25, 0.3) is 0 Å². The second-order valence-corrected chi connectivity index (χ2v) is 6.18. The van der Waals surface area contributed by atoms with E-state index in [0.717, 1.165) is 50.5 Å². The van der Waals surface area contributed by atoms with Gasteiger partial charge in [-0.15, -0.1) is 0 Å². The lowest BCUT2D eigenvalue weighted by atomic mass is 10.0. The molecule has 0 radical (unpaired) electrons. The average Bonchev–Trinajstić information content (AvgIpc) is 3.25. The molecule has 2 aliphatic rings. The molecule has 0 aromatic carbocycles. The largest absolute Gasteiger partial charge is 0.444 e. The van der Waals surface area contributed by atoms with Gasteiger partial charge in [0.15, 0.2) is 0 Å². The Bertz CT molecular complexity index is 687. The summed E-state index contributed by atoms with van der Waals surface area (Å²) in [6, 6.07) is 2.47. The third-order valence-corrected chi connectivity index (χ3v) is 4.60. The van der Waals surface area contributed by atoms with E-state index in [1.54, 1.807) is 6.20 Å². The van der Waals surface area contributed by atoms with E-state index in [-0.39, 0.29) is 0 Å². The first-order chi connectivity index (χ1) is 10.8. The zero-order valence-corrected chi connectivity index (χ0v) is 12.5. The van der Waals surface area contributed by atoms with E-state index >= 15 is 0 Å². The van der Waals surface area contributed by atoms with Crippen LogP contribution >= 0.6 is 0 Å². The molecule has 22 heavy (non-hydrogen) atoms. The molecule has 0 bridgehead atoms. The number of nitriles is 1. The fourth-order valence-corrected chi connectivity index (χ4v) is 3.43. The fraction of sp³-hybridized carbons (Fsp3) is 0.562. The van der Waals surface area contributed by atoms with E-state index in [4.69, 9.17) is 9.68 Å². The molecule has 0 N–H and O–H groups in total. The van der Waals surface area contributed by atoms with E-state index < -0.39 is 0 Å². The fourth-order valence-electron chi connectivity index (χ4n) is 3.43. The predicted molar refractivity (Wildman–Crippen MR) is 79.0 cm³/mol. The molecule has 6 nitrogen and oxygen atoms in total. The highest BCUT2D eigenvalue weighted by Gasteiger charge is 2.26. The Morgan fingerprint density at radius 1 is 1.36 bits per heavy atom. The topological polar surface area (TPSA) is 70.9 Å². The minimum atomic E-state index is 0.340. The van der Waals surface area contributed by atoms with Crippen molar-refractivity contribution in [3.05, 3.63) is 35.3 Å². The van der Waals surface area contributed by atoms with Crippen molar-refractivity contribution in [1.29, 1.82) is 5.26 Å². The summed E-state index contributed by atoms with van der Waals surface area (Å²) in [7, 11) is 0. The monoisotopic (exact) mass is 297 g/mol. The average molecular weight is 297 g/mol. The van der Waals surface area contributed by atoms with Gasteiger partial charge in [0.05, 0.1) is 30.0 Å². The molecule has 0 saturated carbocycles. The third-order valence-electron chi connectivity index (χ3n) is 4.60. The van der Waals surface area contributed by atoms with Gasteiger partial charge in [0.25, 0.3) is 0 Å². The number of fused-ring (bicyclic) bond motifs is 1. The summed E-state index contributed by atoms with van der Waals surface area (Å²) < 4.78 is 7.83. The Kier molecular flexibility index (Phi) is 3.43. The molecule has 3 heterocycles. The van der Waals surface area contributed by atoms with Crippen molar-refractivity contribution in [2.45, 2.75) is 44.7 Å². The van der Waals surface area contributed by atoms with Crippen molar-refractivity contribution in [3.63, 3.8) is 0 Å². The van der Waals surface area contributed by atoms with Crippen LogP contribution in [0.15, 0.2) is 16.8 Å². The van der Waals surface area contributed by atoms with Gasteiger partial charge in [-0.2, -0.15) is 10.4 Å². The van der Waals surface area contributed by atoms with Crippen LogP contribution in [0.2, 0.25) is 0 Å². The summed E-state index contributed by atoms with van der Waals surface area (Å²) in [6.07, 6.45) is 9.05. The third kappa shape index (κ3) is 2.53. The van der Waals surface area contributed by atoms with Gasteiger partial charge in [-0.1, -0.05) is 0 Å². The first-order valence-electron chi connectivity index (χ1n) is 7.96. The van der Waals surface area contributed by atoms with Crippen molar-refractivity contribution >= 4 is 0 Å². The maximum Gasteiger partial charge on any atom is 0.208 e. The quantitative estimate of drug-likeness (QED) is 0.867. The summed E-state index contributed by atoms with van der Waals surface area (Å²) in [5.74, 6) is 1.95. The van der Waals surface area contributed by atoms with Crippen LogP contribution in [0.5, 0.6) is 0 Å². The van der Waals surface area contributed by atoms with Gasteiger partial charge < -0.3 is 4.42 Å². The Balaban J connectivity index is 1.40. The first kappa shape index (κ1) is 13.5. The lowest BCUT2D eigenvalue weighted by Gasteiger charge is -2.14. The highest BCUT2D eigenvalue weighted by molar-refractivity contribution is 5.22. The van der Waals surface area contributed by atoms with Crippen molar-refractivity contribution in [3.8, 4) is 6.07 Å². The Morgan fingerprint density at radius 2 is 2.27 bits per heavy atom. The highest BCUT2D eigenvalue weighted by atomic mass is 16.4. The lowest BCUT2D eigenvalue weighted by molar-refractivity contribution is 0.273. The van der Waals surface area contributed by atoms with Crippen LogP contribution in [0.3, 0.4) is 0 Å². The van der Waals surface area contributed by atoms with Gasteiger partial charge >= 0.3 is 0 Å². The van der Waals surface area contributed by atoms with Crippen LogP contribution < -0.4 is 0 Å². The zero-order valence-electron chi connectivity index (χ0n) is 12.5. The van der Waals surface area contributed by atoms with Gasteiger partial charge in [0.2, 0.25) is 5.89 Å². The van der Waals surface area contributed by atoms with E-state index in [2.05, 4.69) is 21.1 Å². The molecule has 1 aliphatic heterocycles. The SMILES string of the molecule is N#Cc1cnn(C2CCN(Cc3nc4c(o3)CCCC4)C2)c1. The van der Waals surface area contributed by atoms with Crippen LogP contribution in [0.1, 0.15) is 48.2 Å². The maximum atomic E-state index is 8.89. The summed E-state index contributed by atoms with van der Waals surface area (Å²) in [6.45, 7) is 2.72. The van der Waals surface area contributed by atoms with E-state index in [1.807, 2.05) is 10.9 Å². The van der Waals surface area contributed by atoms with Gasteiger partial charge in [-0.25, -0.2) is 4.98 Å². The summed E-state index contributed by atoms with van der Waals surface area (Å²) in [5, 5.41) is 13.2. The Morgan fingerprint density at radius 3 is 3.09 bits per heavy atom. The molecule has 1 aliphatic carbocycles. The number of hydrogen-bond acceptors (Lipinski definition) is 5. The number of rotatable bonds is 3. The van der Waals surface area contributed by atoms with Crippen LogP contribution in [-0.4, -0.2) is 32.8 Å².